The fraction of sp³-hybridized carbons (Fsp3) is 0.118. The van der Waals surface area contributed by atoms with Crippen molar-refractivity contribution in [3.05, 3.63) is 60.2 Å². The van der Waals surface area contributed by atoms with E-state index in [0.717, 1.165) is 27.9 Å². The molecule has 0 saturated heterocycles. The molecule has 0 aliphatic rings. The number of ether oxygens (including phenoxy) is 1. The van der Waals surface area contributed by atoms with Crippen LogP contribution in [0.15, 0.2) is 53.7 Å². The average Bonchev–Trinajstić information content (AvgIpc) is 2.50. The first-order valence-electron chi connectivity index (χ1n) is 6.47. The zero-order valence-corrected chi connectivity index (χ0v) is 12.2. The van der Waals surface area contributed by atoms with Gasteiger partial charge in [-0.2, -0.15) is 0 Å². The zero-order valence-electron chi connectivity index (χ0n) is 12.2. The van der Waals surface area contributed by atoms with Gasteiger partial charge in [0.25, 0.3) is 0 Å². The van der Waals surface area contributed by atoms with Crippen LogP contribution in [0.2, 0.25) is 0 Å². The van der Waals surface area contributed by atoms with E-state index in [4.69, 9.17) is 4.74 Å². The summed E-state index contributed by atoms with van der Waals surface area (Å²) in [4.78, 5) is 12.7. The molecule has 0 atom stereocenters. The molecule has 0 fully saturated rings. The third-order valence-corrected chi connectivity index (χ3v) is 3.01. The summed E-state index contributed by atoms with van der Waals surface area (Å²) in [5.41, 5.74) is 2.62. The van der Waals surface area contributed by atoms with Gasteiger partial charge in [-0.1, -0.05) is 12.7 Å². The lowest BCUT2D eigenvalue weighted by atomic mass is 10.2. The molecule has 2 aromatic rings. The smallest absolute Gasteiger partial charge is 0.152 e. The van der Waals surface area contributed by atoms with Crippen molar-refractivity contribution in [1.82, 2.24) is 9.97 Å². The molecule has 106 valence electrons. The molecular weight excluding hydrogens is 262 g/mol. The molecule has 21 heavy (non-hydrogen) atoms. The van der Waals surface area contributed by atoms with Crippen molar-refractivity contribution in [3.8, 4) is 5.75 Å². The zero-order chi connectivity index (χ0) is 15.2. The summed E-state index contributed by atoms with van der Waals surface area (Å²) >= 11 is 0. The molecular formula is C17H17N3O. The van der Waals surface area contributed by atoms with E-state index in [1.807, 2.05) is 37.3 Å². The molecule has 0 saturated carbocycles. The van der Waals surface area contributed by atoms with E-state index in [1.165, 1.54) is 0 Å². The van der Waals surface area contributed by atoms with Gasteiger partial charge in [-0.05, 0) is 43.5 Å². The van der Waals surface area contributed by atoms with Crippen LogP contribution in [-0.2, 0) is 0 Å². The predicted octanol–water partition coefficient (Wildman–Crippen LogP) is 3.73. The van der Waals surface area contributed by atoms with Crippen LogP contribution in [-0.4, -0.2) is 23.8 Å². The molecule has 0 unspecified atom stereocenters. The molecule has 0 radical (unpaired) electrons. The van der Waals surface area contributed by atoms with Crippen LogP contribution in [0.25, 0.3) is 17.0 Å². The summed E-state index contributed by atoms with van der Waals surface area (Å²) in [6.45, 7) is 9.10. The quantitative estimate of drug-likeness (QED) is 0.619. The Morgan fingerprint density at radius 2 is 2.14 bits per heavy atom. The van der Waals surface area contributed by atoms with Crippen molar-refractivity contribution in [1.29, 1.82) is 0 Å². The van der Waals surface area contributed by atoms with Gasteiger partial charge in [0.15, 0.2) is 5.82 Å². The van der Waals surface area contributed by atoms with Crippen LogP contribution in [0.5, 0.6) is 5.75 Å². The highest BCUT2D eigenvalue weighted by Crippen LogP contribution is 2.21. The van der Waals surface area contributed by atoms with E-state index in [0.29, 0.717) is 5.82 Å². The number of aliphatic imine (C=N–C) groups is 1. The molecule has 4 nitrogen and oxygen atoms in total. The molecule has 1 heterocycles. The maximum Gasteiger partial charge on any atom is 0.152 e. The average molecular weight is 279 g/mol. The van der Waals surface area contributed by atoms with Crippen LogP contribution in [0.4, 0.5) is 0 Å². The van der Waals surface area contributed by atoms with Gasteiger partial charge in [0.05, 0.1) is 12.6 Å². The topological polar surface area (TPSA) is 47.4 Å². The Kier molecular flexibility index (Phi) is 4.61. The van der Waals surface area contributed by atoms with Gasteiger partial charge in [0.2, 0.25) is 0 Å². The van der Waals surface area contributed by atoms with Gasteiger partial charge < -0.3 is 4.74 Å². The number of benzene rings is 1. The van der Waals surface area contributed by atoms with Crippen LogP contribution in [0, 0.1) is 6.92 Å². The Hall–Kier alpha value is -2.75. The van der Waals surface area contributed by atoms with Crippen LogP contribution in [0.3, 0.4) is 0 Å². The summed E-state index contributed by atoms with van der Waals surface area (Å²) < 4.78 is 5.23. The lowest BCUT2D eigenvalue weighted by Crippen LogP contribution is -1.94. The van der Waals surface area contributed by atoms with Crippen molar-refractivity contribution in [2.24, 2.45) is 4.99 Å². The third kappa shape index (κ3) is 3.42. The lowest BCUT2D eigenvalue weighted by Gasteiger charge is -2.05. The number of rotatable bonds is 5. The summed E-state index contributed by atoms with van der Waals surface area (Å²) in [5.74, 6) is 1.41. The monoisotopic (exact) mass is 279 g/mol. The Bertz CT molecular complexity index is 745. The summed E-state index contributed by atoms with van der Waals surface area (Å²) in [7, 11) is 1.64. The van der Waals surface area contributed by atoms with Crippen molar-refractivity contribution < 1.29 is 4.74 Å². The first kappa shape index (κ1) is 14.7. The normalized spacial score (nSPS) is 11.8. The van der Waals surface area contributed by atoms with E-state index in [-0.39, 0.29) is 0 Å². The van der Waals surface area contributed by atoms with Crippen LogP contribution >= 0.6 is 0 Å². The second-order valence-corrected chi connectivity index (χ2v) is 4.40. The van der Waals surface area contributed by atoms with E-state index in [2.05, 4.69) is 28.3 Å². The number of allylic oxidation sites excluding steroid dienone is 3. The molecule has 0 bridgehead atoms. The van der Waals surface area contributed by atoms with Gasteiger partial charge in [0.1, 0.15) is 5.75 Å². The fourth-order valence-electron chi connectivity index (χ4n) is 1.93. The molecule has 0 N–H and O–H groups in total. The summed E-state index contributed by atoms with van der Waals surface area (Å²) in [6.07, 6.45) is 7.00. The summed E-state index contributed by atoms with van der Waals surface area (Å²) in [6, 6.07) is 5.77. The molecule has 1 aromatic heterocycles. The number of aromatic nitrogens is 2. The highest BCUT2D eigenvalue weighted by atomic mass is 16.5. The molecule has 0 aliphatic heterocycles. The minimum Gasteiger partial charge on any atom is -0.497 e. The molecule has 0 amide bonds. The molecule has 0 spiro atoms. The largest absolute Gasteiger partial charge is 0.497 e. The van der Waals surface area contributed by atoms with E-state index in [1.54, 1.807) is 19.4 Å². The van der Waals surface area contributed by atoms with Crippen molar-refractivity contribution in [2.75, 3.05) is 7.11 Å². The molecule has 2 rings (SSSR count). The van der Waals surface area contributed by atoms with Gasteiger partial charge in [-0.15, -0.1) is 0 Å². The number of aryl methyl sites for hydroxylation is 1. The maximum absolute atomic E-state index is 5.23. The van der Waals surface area contributed by atoms with E-state index in [9.17, 15) is 0 Å². The minimum atomic E-state index is 0.630. The maximum atomic E-state index is 5.23. The Labute approximate surface area is 124 Å². The first-order valence-corrected chi connectivity index (χ1v) is 6.47. The number of fused-ring (bicyclic) bond motifs is 1. The van der Waals surface area contributed by atoms with Gasteiger partial charge in [-0.25, -0.2) is 9.97 Å². The van der Waals surface area contributed by atoms with Crippen molar-refractivity contribution in [3.63, 3.8) is 0 Å². The number of nitrogens with zero attached hydrogens (tertiary/aromatic N) is 3. The summed E-state index contributed by atoms with van der Waals surface area (Å²) in [5, 5.41) is 1.01. The second kappa shape index (κ2) is 6.61. The highest BCUT2D eigenvalue weighted by Gasteiger charge is 2.04. The number of methoxy groups -OCH3 is 1. The first-order chi connectivity index (χ1) is 10.2. The van der Waals surface area contributed by atoms with Crippen molar-refractivity contribution >= 4 is 23.7 Å². The highest BCUT2D eigenvalue weighted by molar-refractivity contribution is 5.82. The van der Waals surface area contributed by atoms with E-state index >= 15 is 0 Å². The number of hydrogen-bond acceptors (Lipinski definition) is 4. The number of hydrogen-bond donors (Lipinski definition) is 0. The fourth-order valence-corrected chi connectivity index (χ4v) is 1.93. The minimum absolute atomic E-state index is 0.630. The lowest BCUT2D eigenvalue weighted by molar-refractivity contribution is 0.415. The van der Waals surface area contributed by atoms with Gasteiger partial charge in [0, 0.05) is 23.3 Å². The van der Waals surface area contributed by atoms with E-state index < -0.39 is 0 Å². The standard InChI is InChI=1S/C17H17N3O/c1-5-13(11-18-3)6-9-17-19-12(2)15-8-7-14(21-4)10-16(15)20-17/h5-11H,1,3H2,2,4H3/b9-6+,13-11+. The van der Waals surface area contributed by atoms with Gasteiger partial charge >= 0.3 is 0 Å². The van der Waals surface area contributed by atoms with Gasteiger partial charge in [-0.3, -0.25) is 4.99 Å². The molecule has 4 heteroatoms. The Morgan fingerprint density at radius 1 is 1.33 bits per heavy atom. The molecule has 0 aliphatic carbocycles. The SMILES string of the molecule is C=CC(/C=C/c1nc(C)c2ccc(OC)cc2n1)=C\N=C. The van der Waals surface area contributed by atoms with Crippen LogP contribution < -0.4 is 4.74 Å². The van der Waals surface area contributed by atoms with Crippen LogP contribution in [0.1, 0.15) is 11.5 Å². The predicted molar refractivity (Wildman–Crippen MR) is 87.7 cm³/mol. The third-order valence-electron chi connectivity index (χ3n) is 3.01. The molecule has 1 aromatic carbocycles. The van der Waals surface area contributed by atoms with Crippen molar-refractivity contribution in [2.45, 2.75) is 6.92 Å². The Morgan fingerprint density at radius 3 is 2.81 bits per heavy atom. The second-order valence-electron chi connectivity index (χ2n) is 4.40. The Balaban J connectivity index is 2.45.